The molecule has 4 nitrogen and oxygen atoms in total. The molecule has 0 saturated carbocycles. The molecule has 0 aliphatic carbocycles. The van der Waals surface area contributed by atoms with Gasteiger partial charge >= 0.3 is 5.97 Å². The van der Waals surface area contributed by atoms with Gasteiger partial charge in [-0.15, -0.1) is 0 Å². The van der Waals surface area contributed by atoms with Crippen molar-refractivity contribution in [3.63, 3.8) is 0 Å². The molecule has 1 aliphatic rings. The van der Waals surface area contributed by atoms with E-state index in [2.05, 4.69) is 18.7 Å². The molecule has 94 valence electrons. The van der Waals surface area contributed by atoms with Crippen LogP contribution in [0, 0.1) is 0 Å². The van der Waals surface area contributed by atoms with Crippen LogP contribution >= 0.6 is 0 Å². The summed E-state index contributed by atoms with van der Waals surface area (Å²) in [6, 6.07) is 1.18. The van der Waals surface area contributed by atoms with E-state index in [0.29, 0.717) is 18.5 Å². The van der Waals surface area contributed by atoms with Crippen molar-refractivity contribution in [3.8, 4) is 0 Å². The number of rotatable bonds is 5. The van der Waals surface area contributed by atoms with Gasteiger partial charge in [-0.25, -0.2) is 0 Å². The molecular weight excluding hydrogens is 204 g/mol. The molecular formula is C12H24N2O2. The number of carbonyl (C=O) groups is 1. The predicted octanol–water partition coefficient (Wildman–Crippen LogP) is 1.44. The van der Waals surface area contributed by atoms with Crippen LogP contribution in [-0.4, -0.2) is 40.1 Å². The monoisotopic (exact) mass is 228 g/mol. The van der Waals surface area contributed by atoms with Crippen LogP contribution in [0.1, 0.15) is 46.5 Å². The molecule has 3 atom stereocenters. The fourth-order valence-corrected chi connectivity index (χ4v) is 2.44. The zero-order chi connectivity index (χ0) is 12.3. The molecule has 1 saturated heterocycles. The number of carboxylic acids is 1. The summed E-state index contributed by atoms with van der Waals surface area (Å²) in [7, 11) is 0. The molecule has 0 aromatic carbocycles. The van der Waals surface area contributed by atoms with Gasteiger partial charge in [0.25, 0.3) is 0 Å². The van der Waals surface area contributed by atoms with Gasteiger partial charge in [-0.1, -0.05) is 6.92 Å². The lowest BCUT2D eigenvalue weighted by Crippen LogP contribution is -2.48. The van der Waals surface area contributed by atoms with Crippen LogP contribution < -0.4 is 5.73 Å². The fourth-order valence-electron chi connectivity index (χ4n) is 2.44. The summed E-state index contributed by atoms with van der Waals surface area (Å²) >= 11 is 0. The zero-order valence-corrected chi connectivity index (χ0v) is 10.6. The van der Waals surface area contributed by atoms with Crippen molar-refractivity contribution in [2.45, 2.75) is 64.1 Å². The van der Waals surface area contributed by atoms with Crippen LogP contribution in [0.15, 0.2) is 0 Å². The van der Waals surface area contributed by atoms with E-state index in [0.717, 1.165) is 13.0 Å². The summed E-state index contributed by atoms with van der Waals surface area (Å²) in [4.78, 5) is 13.3. The van der Waals surface area contributed by atoms with E-state index in [9.17, 15) is 4.79 Å². The van der Waals surface area contributed by atoms with Gasteiger partial charge < -0.3 is 10.8 Å². The molecule has 16 heavy (non-hydrogen) atoms. The Morgan fingerprint density at radius 2 is 2.19 bits per heavy atom. The number of hydrogen-bond donors (Lipinski definition) is 2. The van der Waals surface area contributed by atoms with Crippen molar-refractivity contribution < 1.29 is 9.90 Å². The Hall–Kier alpha value is -0.610. The van der Waals surface area contributed by atoms with Crippen LogP contribution in [0.5, 0.6) is 0 Å². The first-order valence-electron chi connectivity index (χ1n) is 6.16. The van der Waals surface area contributed by atoms with Gasteiger partial charge in [0.05, 0.1) is 0 Å². The van der Waals surface area contributed by atoms with E-state index in [-0.39, 0.29) is 0 Å². The zero-order valence-electron chi connectivity index (χ0n) is 10.6. The Kier molecular flexibility index (Phi) is 4.33. The first-order valence-corrected chi connectivity index (χ1v) is 6.16. The molecule has 1 heterocycles. The smallest absolute Gasteiger partial charge is 0.323 e. The minimum atomic E-state index is -1.10. The van der Waals surface area contributed by atoms with Gasteiger partial charge in [0.2, 0.25) is 0 Å². The van der Waals surface area contributed by atoms with Crippen molar-refractivity contribution >= 4 is 5.97 Å². The van der Waals surface area contributed by atoms with Gasteiger partial charge in [-0.3, -0.25) is 9.69 Å². The number of nitrogens with zero attached hydrogens (tertiary/aromatic N) is 1. The number of likely N-dealkylation sites (tertiary alicyclic amines) is 1. The van der Waals surface area contributed by atoms with Gasteiger partial charge in [0.1, 0.15) is 5.54 Å². The summed E-state index contributed by atoms with van der Waals surface area (Å²) in [6.07, 6.45) is 4.10. The number of hydrogen-bond acceptors (Lipinski definition) is 3. The molecule has 4 heteroatoms. The van der Waals surface area contributed by atoms with Crippen molar-refractivity contribution in [2.24, 2.45) is 5.73 Å². The van der Waals surface area contributed by atoms with Crippen LogP contribution in [0.3, 0.4) is 0 Å². The molecule has 1 aliphatic heterocycles. The van der Waals surface area contributed by atoms with Crippen molar-refractivity contribution in [1.29, 1.82) is 0 Å². The summed E-state index contributed by atoms with van der Waals surface area (Å²) < 4.78 is 0. The van der Waals surface area contributed by atoms with Crippen molar-refractivity contribution in [1.82, 2.24) is 4.90 Å². The van der Waals surface area contributed by atoms with Crippen molar-refractivity contribution in [3.05, 3.63) is 0 Å². The number of nitrogens with two attached hydrogens (primary N) is 1. The quantitative estimate of drug-likeness (QED) is 0.747. The maximum Gasteiger partial charge on any atom is 0.323 e. The summed E-state index contributed by atoms with van der Waals surface area (Å²) in [5.41, 5.74) is 4.65. The minimum absolute atomic E-state index is 0.517. The highest BCUT2D eigenvalue weighted by Crippen LogP contribution is 2.26. The Balaban J connectivity index is 2.50. The van der Waals surface area contributed by atoms with Crippen molar-refractivity contribution in [2.75, 3.05) is 6.54 Å². The van der Waals surface area contributed by atoms with Gasteiger partial charge in [0, 0.05) is 18.6 Å². The van der Waals surface area contributed by atoms with E-state index in [1.165, 1.54) is 12.8 Å². The molecule has 1 rings (SSSR count). The maximum atomic E-state index is 10.9. The largest absolute Gasteiger partial charge is 0.480 e. The summed E-state index contributed by atoms with van der Waals surface area (Å²) in [5.74, 6) is -0.910. The van der Waals surface area contributed by atoms with E-state index >= 15 is 0 Å². The fraction of sp³-hybridized carbons (Fsp3) is 0.917. The second-order valence-electron chi connectivity index (χ2n) is 5.20. The molecule has 0 aromatic heterocycles. The molecule has 3 N–H and O–H groups in total. The molecule has 1 fully saturated rings. The topological polar surface area (TPSA) is 66.6 Å². The second-order valence-corrected chi connectivity index (χ2v) is 5.20. The highest BCUT2D eigenvalue weighted by atomic mass is 16.4. The third kappa shape index (κ3) is 2.95. The third-order valence-corrected chi connectivity index (χ3v) is 3.80. The van der Waals surface area contributed by atoms with E-state index in [1.807, 2.05) is 0 Å². The molecule has 0 spiro atoms. The number of carboxylic acid groups (broad SMARTS) is 1. The minimum Gasteiger partial charge on any atom is -0.480 e. The number of aliphatic carboxylic acids is 1. The average molecular weight is 228 g/mol. The predicted molar refractivity (Wildman–Crippen MR) is 64.3 cm³/mol. The Bertz CT molecular complexity index is 253. The third-order valence-electron chi connectivity index (χ3n) is 3.80. The lowest BCUT2D eigenvalue weighted by molar-refractivity contribution is -0.143. The summed E-state index contributed by atoms with van der Waals surface area (Å²) in [6.45, 7) is 6.79. The van der Waals surface area contributed by atoms with Crippen LogP contribution in [-0.2, 0) is 4.79 Å². The normalized spacial score (nSPS) is 30.2. The van der Waals surface area contributed by atoms with Gasteiger partial charge in [-0.2, -0.15) is 0 Å². The first kappa shape index (κ1) is 13.5. The average Bonchev–Trinajstić information content (AvgIpc) is 2.56. The molecule has 0 amide bonds. The highest BCUT2D eigenvalue weighted by molar-refractivity contribution is 5.77. The van der Waals surface area contributed by atoms with E-state index in [1.54, 1.807) is 6.92 Å². The standard InChI is InChI=1S/C12H24N2O2/c1-4-10-6-5-9(2)14(10)8-7-12(3,13)11(15)16/h9-10H,4-8,13H2,1-3H3,(H,15,16). The van der Waals surface area contributed by atoms with Crippen LogP contribution in [0.2, 0.25) is 0 Å². The lowest BCUT2D eigenvalue weighted by Gasteiger charge is -2.30. The summed E-state index contributed by atoms with van der Waals surface area (Å²) in [5, 5.41) is 8.96. The SMILES string of the molecule is CCC1CCC(C)N1CCC(C)(N)C(=O)O. The lowest BCUT2D eigenvalue weighted by atomic mass is 9.99. The molecule has 0 radical (unpaired) electrons. The van der Waals surface area contributed by atoms with Crippen LogP contribution in [0.4, 0.5) is 0 Å². The molecule has 3 unspecified atom stereocenters. The maximum absolute atomic E-state index is 10.9. The van der Waals surface area contributed by atoms with Gasteiger partial charge in [-0.05, 0) is 39.5 Å². The van der Waals surface area contributed by atoms with E-state index < -0.39 is 11.5 Å². The van der Waals surface area contributed by atoms with Gasteiger partial charge in [0.15, 0.2) is 0 Å². The molecule has 0 aromatic rings. The molecule has 0 bridgehead atoms. The van der Waals surface area contributed by atoms with E-state index in [4.69, 9.17) is 10.8 Å². The second kappa shape index (κ2) is 5.15. The Morgan fingerprint density at radius 3 is 2.69 bits per heavy atom. The Morgan fingerprint density at radius 1 is 1.56 bits per heavy atom. The van der Waals surface area contributed by atoms with Crippen LogP contribution in [0.25, 0.3) is 0 Å². The Labute approximate surface area is 97.8 Å². The highest BCUT2D eigenvalue weighted by Gasteiger charge is 2.33. The first-order chi connectivity index (χ1) is 7.38.